The van der Waals surface area contributed by atoms with E-state index in [-0.39, 0.29) is 6.10 Å². The van der Waals surface area contributed by atoms with Gasteiger partial charge < -0.3 is 28.0 Å². The first-order chi connectivity index (χ1) is 8.10. The standard InChI is InChI=1S/C6H13NO.C3H7N.C2H7N.CH5N/c7-5-1-3-6(8)4-2-5;4-3-1-2-3;1-2-3;1-2/h5-6,8H,1-4,7H2;3H,1-2,4H2;2-3H2,1H3;2H2,1H3. The number of aliphatic hydroxyl groups excluding tert-OH is 1. The second kappa shape index (κ2) is 13.9. The van der Waals surface area contributed by atoms with E-state index in [1.54, 1.807) is 0 Å². The van der Waals surface area contributed by atoms with Gasteiger partial charge in [-0.25, -0.2) is 0 Å². The van der Waals surface area contributed by atoms with Gasteiger partial charge in [0, 0.05) is 12.1 Å². The SMILES string of the molecule is CCN.CN.NC1CC1.NC1CCC(O)CC1. The Hall–Kier alpha value is -0.200. The Morgan fingerprint density at radius 1 is 0.882 bits per heavy atom. The molecule has 0 radical (unpaired) electrons. The van der Waals surface area contributed by atoms with Crippen LogP contribution in [0.3, 0.4) is 0 Å². The fourth-order valence-electron chi connectivity index (χ4n) is 1.20. The average Bonchev–Trinajstić information content (AvgIpc) is 3.10. The van der Waals surface area contributed by atoms with Crippen LogP contribution < -0.4 is 22.9 Å². The molecule has 2 saturated carbocycles. The molecule has 0 bridgehead atoms. The van der Waals surface area contributed by atoms with Crippen molar-refractivity contribution in [2.24, 2.45) is 22.9 Å². The first-order valence-corrected chi connectivity index (χ1v) is 6.57. The van der Waals surface area contributed by atoms with Crippen LogP contribution in [0.2, 0.25) is 0 Å². The smallest absolute Gasteiger partial charge is 0.0541 e. The molecule has 0 aromatic heterocycles. The van der Waals surface area contributed by atoms with Crippen LogP contribution in [0.5, 0.6) is 0 Å². The molecule has 2 fully saturated rings. The minimum Gasteiger partial charge on any atom is -0.393 e. The van der Waals surface area contributed by atoms with Crippen LogP contribution in [0, 0.1) is 0 Å². The van der Waals surface area contributed by atoms with Crippen LogP contribution in [-0.4, -0.2) is 36.9 Å². The minimum absolute atomic E-state index is 0.0604. The van der Waals surface area contributed by atoms with Crippen molar-refractivity contribution in [3.63, 3.8) is 0 Å². The highest BCUT2D eigenvalue weighted by Crippen LogP contribution is 2.15. The van der Waals surface area contributed by atoms with E-state index in [9.17, 15) is 0 Å². The van der Waals surface area contributed by atoms with Crippen LogP contribution in [-0.2, 0) is 0 Å². The van der Waals surface area contributed by atoms with Crippen molar-refractivity contribution in [3.8, 4) is 0 Å². The molecule has 2 aliphatic rings. The molecule has 0 atom stereocenters. The van der Waals surface area contributed by atoms with E-state index in [1.165, 1.54) is 19.9 Å². The summed E-state index contributed by atoms with van der Waals surface area (Å²) in [4.78, 5) is 0. The minimum atomic E-state index is -0.0604. The molecule has 0 unspecified atom stereocenters. The highest BCUT2D eigenvalue weighted by molar-refractivity contribution is 4.75. The lowest BCUT2D eigenvalue weighted by atomic mass is 9.94. The summed E-state index contributed by atoms with van der Waals surface area (Å²) in [6.45, 7) is 2.65. The molecule has 0 saturated heterocycles. The zero-order valence-electron chi connectivity index (χ0n) is 11.4. The lowest BCUT2D eigenvalue weighted by Gasteiger charge is -2.21. The van der Waals surface area contributed by atoms with Gasteiger partial charge in [-0.1, -0.05) is 6.92 Å². The molecule has 2 aliphatic carbocycles. The molecular weight excluding hydrogens is 216 g/mol. The van der Waals surface area contributed by atoms with Crippen molar-refractivity contribution in [1.29, 1.82) is 0 Å². The van der Waals surface area contributed by atoms with Gasteiger partial charge in [-0.15, -0.1) is 0 Å². The van der Waals surface area contributed by atoms with Crippen LogP contribution >= 0.6 is 0 Å². The monoisotopic (exact) mass is 248 g/mol. The predicted molar refractivity (Wildman–Crippen MR) is 74.5 cm³/mol. The van der Waals surface area contributed by atoms with E-state index in [4.69, 9.17) is 22.3 Å². The van der Waals surface area contributed by atoms with Crippen molar-refractivity contribution in [2.45, 2.75) is 63.6 Å². The summed E-state index contributed by atoms with van der Waals surface area (Å²) in [6.07, 6.45) is 6.28. The Bertz CT molecular complexity index is 124. The van der Waals surface area contributed by atoms with Crippen molar-refractivity contribution >= 4 is 0 Å². The maximum Gasteiger partial charge on any atom is 0.0541 e. The van der Waals surface area contributed by atoms with E-state index >= 15 is 0 Å². The third-order valence-corrected chi connectivity index (χ3v) is 2.36. The Balaban J connectivity index is 0. The molecular formula is C12H32N4O. The maximum atomic E-state index is 8.97. The number of rotatable bonds is 0. The third-order valence-electron chi connectivity index (χ3n) is 2.36. The van der Waals surface area contributed by atoms with Crippen molar-refractivity contribution in [3.05, 3.63) is 0 Å². The first kappa shape index (κ1) is 19.1. The maximum absolute atomic E-state index is 8.97. The second-order valence-corrected chi connectivity index (χ2v) is 4.31. The molecule has 0 aromatic carbocycles. The summed E-state index contributed by atoms with van der Waals surface area (Å²) in [5.41, 5.74) is 20.2. The molecule has 0 aromatic rings. The summed E-state index contributed by atoms with van der Waals surface area (Å²) in [6, 6.07) is 0.943. The van der Waals surface area contributed by atoms with E-state index < -0.39 is 0 Å². The van der Waals surface area contributed by atoms with Gasteiger partial charge in [0.25, 0.3) is 0 Å². The predicted octanol–water partition coefficient (Wildman–Crippen LogP) is -0.104. The van der Waals surface area contributed by atoms with Gasteiger partial charge in [-0.05, 0) is 52.1 Å². The molecule has 0 aliphatic heterocycles. The van der Waals surface area contributed by atoms with Gasteiger partial charge in [0.2, 0.25) is 0 Å². The fraction of sp³-hybridized carbons (Fsp3) is 1.00. The van der Waals surface area contributed by atoms with Crippen molar-refractivity contribution in [2.75, 3.05) is 13.6 Å². The van der Waals surface area contributed by atoms with Crippen LogP contribution in [0.25, 0.3) is 0 Å². The molecule has 0 amide bonds. The quantitative estimate of drug-likeness (QED) is 0.409. The van der Waals surface area contributed by atoms with E-state index in [0.717, 1.165) is 32.2 Å². The van der Waals surface area contributed by atoms with E-state index in [2.05, 4.69) is 5.73 Å². The fourth-order valence-corrected chi connectivity index (χ4v) is 1.20. The molecule has 5 heteroatoms. The largest absolute Gasteiger partial charge is 0.393 e. The summed E-state index contributed by atoms with van der Waals surface area (Å²) in [7, 11) is 1.50. The molecule has 106 valence electrons. The summed E-state index contributed by atoms with van der Waals surface area (Å²) in [5.74, 6) is 0. The third kappa shape index (κ3) is 18.4. The topological polar surface area (TPSA) is 124 Å². The Morgan fingerprint density at radius 3 is 1.29 bits per heavy atom. The van der Waals surface area contributed by atoms with Gasteiger partial charge >= 0.3 is 0 Å². The molecule has 17 heavy (non-hydrogen) atoms. The average molecular weight is 248 g/mol. The van der Waals surface area contributed by atoms with Gasteiger partial charge in [0.1, 0.15) is 0 Å². The number of nitrogens with two attached hydrogens (primary N) is 4. The first-order valence-electron chi connectivity index (χ1n) is 6.57. The zero-order valence-corrected chi connectivity index (χ0v) is 11.4. The summed E-state index contributed by atoms with van der Waals surface area (Å²) in [5, 5.41) is 8.97. The summed E-state index contributed by atoms with van der Waals surface area (Å²) < 4.78 is 0. The molecule has 5 nitrogen and oxygen atoms in total. The lowest BCUT2D eigenvalue weighted by Crippen LogP contribution is -2.28. The van der Waals surface area contributed by atoms with Crippen LogP contribution in [0.15, 0.2) is 0 Å². The zero-order chi connectivity index (χ0) is 13.7. The van der Waals surface area contributed by atoms with Crippen molar-refractivity contribution in [1.82, 2.24) is 0 Å². The highest BCUT2D eigenvalue weighted by atomic mass is 16.3. The van der Waals surface area contributed by atoms with Gasteiger partial charge in [0.05, 0.1) is 6.10 Å². The molecule has 0 spiro atoms. The van der Waals surface area contributed by atoms with Crippen LogP contribution in [0.4, 0.5) is 0 Å². The highest BCUT2D eigenvalue weighted by Gasteiger charge is 2.15. The Labute approximate surface area is 106 Å². The van der Waals surface area contributed by atoms with Crippen molar-refractivity contribution < 1.29 is 5.11 Å². The summed E-state index contributed by atoms with van der Waals surface area (Å²) >= 11 is 0. The van der Waals surface area contributed by atoms with Gasteiger partial charge in [-0.3, -0.25) is 0 Å². The number of hydrogen-bond acceptors (Lipinski definition) is 5. The van der Waals surface area contributed by atoms with Crippen LogP contribution in [0.1, 0.15) is 45.4 Å². The van der Waals surface area contributed by atoms with Gasteiger partial charge in [0.15, 0.2) is 0 Å². The second-order valence-electron chi connectivity index (χ2n) is 4.31. The number of hydrogen-bond donors (Lipinski definition) is 5. The lowest BCUT2D eigenvalue weighted by molar-refractivity contribution is 0.123. The Morgan fingerprint density at radius 2 is 1.12 bits per heavy atom. The number of aliphatic hydroxyl groups is 1. The Kier molecular flexibility index (Phi) is 15.6. The molecule has 0 heterocycles. The normalized spacial score (nSPS) is 26.3. The molecule has 9 N–H and O–H groups in total. The molecule has 2 rings (SSSR count). The van der Waals surface area contributed by atoms with E-state index in [1.807, 2.05) is 6.92 Å². The van der Waals surface area contributed by atoms with E-state index in [0.29, 0.717) is 12.1 Å². The van der Waals surface area contributed by atoms with Gasteiger partial charge in [-0.2, -0.15) is 0 Å².